The molecule has 0 aliphatic heterocycles. The number of rotatable bonds is 4. The van der Waals surface area contributed by atoms with Crippen LogP contribution in [-0.4, -0.2) is 11.7 Å². The Bertz CT molecular complexity index is 610. The molecule has 0 aliphatic rings. The van der Waals surface area contributed by atoms with Crippen molar-refractivity contribution >= 4 is 35.0 Å². The highest BCUT2D eigenvalue weighted by molar-refractivity contribution is 8.00. The Morgan fingerprint density at radius 3 is 2.50 bits per heavy atom. The van der Waals surface area contributed by atoms with Crippen LogP contribution in [0.1, 0.15) is 11.1 Å². The van der Waals surface area contributed by atoms with E-state index in [-0.39, 0.29) is 5.91 Å². The zero-order valence-corrected chi connectivity index (χ0v) is 13.0. The Hall–Kier alpha value is -1.45. The van der Waals surface area contributed by atoms with Crippen LogP contribution in [0.5, 0.6) is 0 Å². The van der Waals surface area contributed by atoms with E-state index in [1.165, 1.54) is 17.3 Å². The lowest BCUT2D eigenvalue weighted by Gasteiger charge is -2.09. The van der Waals surface area contributed by atoms with E-state index in [4.69, 9.17) is 11.6 Å². The summed E-state index contributed by atoms with van der Waals surface area (Å²) in [4.78, 5) is 13.0. The first-order valence-corrected chi connectivity index (χ1v) is 7.66. The summed E-state index contributed by atoms with van der Waals surface area (Å²) in [5.41, 5.74) is 3.14. The van der Waals surface area contributed by atoms with Gasteiger partial charge in [0.1, 0.15) is 0 Å². The molecule has 0 aliphatic carbocycles. The molecule has 1 N–H and O–H groups in total. The van der Waals surface area contributed by atoms with Crippen molar-refractivity contribution in [2.45, 2.75) is 18.7 Å². The van der Waals surface area contributed by atoms with Gasteiger partial charge in [-0.05, 0) is 49.7 Å². The van der Waals surface area contributed by atoms with Crippen molar-refractivity contribution in [3.8, 4) is 0 Å². The summed E-state index contributed by atoms with van der Waals surface area (Å²) in [6, 6.07) is 13.5. The maximum Gasteiger partial charge on any atom is 0.234 e. The predicted octanol–water partition coefficient (Wildman–Crippen LogP) is 4.69. The smallest absolute Gasteiger partial charge is 0.234 e. The van der Waals surface area contributed by atoms with E-state index in [2.05, 4.69) is 11.4 Å². The fourth-order valence-electron chi connectivity index (χ4n) is 1.82. The van der Waals surface area contributed by atoms with Crippen LogP contribution in [0.25, 0.3) is 0 Å². The van der Waals surface area contributed by atoms with Gasteiger partial charge in [-0.2, -0.15) is 0 Å². The summed E-state index contributed by atoms with van der Waals surface area (Å²) < 4.78 is 0. The number of nitrogens with one attached hydrogen (secondary N) is 1. The second kappa shape index (κ2) is 6.82. The molecular weight excluding hydrogens is 290 g/mol. The third-order valence-electron chi connectivity index (χ3n) is 2.84. The molecule has 0 saturated heterocycles. The van der Waals surface area contributed by atoms with E-state index < -0.39 is 0 Å². The van der Waals surface area contributed by atoms with E-state index in [0.29, 0.717) is 10.8 Å². The topological polar surface area (TPSA) is 29.1 Å². The highest BCUT2D eigenvalue weighted by Crippen LogP contribution is 2.21. The van der Waals surface area contributed by atoms with Crippen molar-refractivity contribution in [2.24, 2.45) is 0 Å². The van der Waals surface area contributed by atoms with Gasteiger partial charge in [0, 0.05) is 15.6 Å². The molecular formula is C16H16ClNOS. The van der Waals surface area contributed by atoms with Crippen molar-refractivity contribution in [3.05, 3.63) is 58.6 Å². The van der Waals surface area contributed by atoms with Crippen LogP contribution in [0.15, 0.2) is 47.4 Å². The van der Waals surface area contributed by atoms with Crippen molar-refractivity contribution < 1.29 is 4.79 Å². The van der Waals surface area contributed by atoms with Crippen LogP contribution in [0.3, 0.4) is 0 Å². The summed E-state index contributed by atoms with van der Waals surface area (Å²) in [5, 5.41) is 3.64. The molecule has 2 nitrogen and oxygen atoms in total. The molecule has 104 valence electrons. The third kappa shape index (κ3) is 4.29. The molecule has 0 radical (unpaired) electrons. The molecule has 0 spiro atoms. The molecule has 0 aromatic heterocycles. The van der Waals surface area contributed by atoms with Crippen LogP contribution in [0, 0.1) is 13.8 Å². The highest BCUT2D eigenvalue weighted by Gasteiger charge is 2.06. The molecule has 0 unspecified atom stereocenters. The van der Waals surface area contributed by atoms with Crippen molar-refractivity contribution in [1.82, 2.24) is 0 Å². The Kier molecular flexibility index (Phi) is 5.10. The second-order valence-electron chi connectivity index (χ2n) is 4.61. The monoisotopic (exact) mass is 305 g/mol. The molecule has 4 heteroatoms. The average molecular weight is 306 g/mol. The molecule has 0 saturated carbocycles. The van der Waals surface area contributed by atoms with E-state index in [0.717, 1.165) is 16.1 Å². The van der Waals surface area contributed by atoms with E-state index in [1.807, 2.05) is 50.2 Å². The summed E-state index contributed by atoms with van der Waals surface area (Å²) in [6.45, 7) is 4.03. The lowest BCUT2D eigenvalue weighted by atomic mass is 10.1. The van der Waals surface area contributed by atoms with Crippen molar-refractivity contribution in [2.75, 3.05) is 11.1 Å². The fourth-order valence-corrected chi connectivity index (χ4v) is 2.64. The molecule has 0 heterocycles. The van der Waals surface area contributed by atoms with Crippen LogP contribution in [-0.2, 0) is 4.79 Å². The predicted molar refractivity (Wildman–Crippen MR) is 86.7 cm³/mol. The van der Waals surface area contributed by atoms with Crippen molar-refractivity contribution in [1.29, 1.82) is 0 Å². The lowest BCUT2D eigenvalue weighted by molar-refractivity contribution is -0.113. The van der Waals surface area contributed by atoms with Gasteiger partial charge in [0.2, 0.25) is 5.91 Å². The zero-order chi connectivity index (χ0) is 14.5. The maximum atomic E-state index is 11.9. The zero-order valence-electron chi connectivity index (χ0n) is 11.4. The van der Waals surface area contributed by atoms with Gasteiger partial charge < -0.3 is 5.32 Å². The van der Waals surface area contributed by atoms with Gasteiger partial charge in [0.05, 0.1) is 5.75 Å². The van der Waals surface area contributed by atoms with E-state index in [9.17, 15) is 4.79 Å². The van der Waals surface area contributed by atoms with Gasteiger partial charge in [-0.3, -0.25) is 4.79 Å². The molecule has 2 aromatic carbocycles. The Morgan fingerprint density at radius 2 is 1.85 bits per heavy atom. The number of halogens is 1. The van der Waals surface area contributed by atoms with Crippen LogP contribution in [0.2, 0.25) is 5.02 Å². The number of benzene rings is 2. The van der Waals surface area contributed by atoms with Gasteiger partial charge in [-0.25, -0.2) is 0 Å². The minimum Gasteiger partial charge on any atom is -0.325 e. The minimum atomic E-state index is -0.00287. The Morgan fingerprint density at radius 1 is 1.15 bits per heavy atom. The van der Waals surface area contributed by atoms with E-state index in [1.54, 1.807) is 0 Å². The normalized spacial score (nSPS) is 10.3. The average Bonchev–Trinajstić information content (AvgIpc) is 2.41. The van der Waals surface area contributed by atoms with Gasteiger partial charge in [-0.15, -0.1) is 11.8 Å². The first kappa shape index (κ1) is 14.9. The number of hydrogen-bond donors (Lipinski definition) is 1. The Balaban J connectivity index is 1.90. The molecule has 2 rings (SSSR count). The van der Waals surface area contributed by atoms with Crippen molar-refractivity contribution in [3.63, 3.8) is 0 Å². The number of carbonyl (C=O) groups excluding carboxylic acids is 1. The number of anilines is 1. The molecule has 20 heavy (non-hydrogen) atoms. The van der Waals surface area contributed by atoms with E-state index >= 15 is 0 Å². The second-order valence-corrected chi connectivity index (χ2v) is 6.09. The summed E-state index contributed by atoms with van der Waals surface area (Å²) >= 11 is 7.32. The summed E-state index contributed by atoms with van der Waals surface area (Å²) in [5.74, 6) is 0.381. The maximum absolute atomic E-state index is 11.9. The number of carbonyl (C=O) groups is 1. The number of aryl methyl sites for hydroxylation is 2. The largest absolute Gasteiger partial charge is 0.325 e. The first-order chi connectivity index (χ1) is 9.54. The Labute approximate surface area is 128 Å². The standard InChI is InChI=1S/C16H16ClNOS/c1-11-3-8-15(12(2)9-11)18-16(19)10-20-14-6-4-13(17)5-7-14/h3-9H,10H2,1-2H3,(H,18,19). The quantitative estimate of drug-likeness (QED) is 0.830. The third-order valence-corrected chi connectivity index (χ3v) is 4.10. The van der Waals surface area contributed by atoms with Crippen LogP contribution >= 0.6 is 23.4 Å². The summed E-state index contributed by atoms with van der Waals surface area (Å²) in [6.07, 6.45) is 0. The van der Waals surface area contributed by atoms with Gasteiger partial charge in [0.15, 0.2) is 0 Å². The molecule has 0 fully saturated rings. The molecule has 0 bridgehead atoms. The molecule has 2 aromatic rings. The van der Waals surface area contributed by atoms with Gasteiger partial charge in [0.25, 0.3) is 0 Å². The highest BCUT2D eigenvalue weighted by atomic mass is 35.5. The van der Waals surface area contributed by atoms with Crippen LogP contribution < -0.4 is 5.32 Å². The molecule has 0 atom stereocenters. The SMILES string of the molecule is Cc1ccc(NC(=O)CSc2ccc(Cl)cc2)c(C)c1. The summed E-state index contributed by atoms with van der Waals surface area (Å²) in [7, 11) is 0. The number of hydrogen-bond acceptors (Lipinski definition) is 2. The fraction of sp³-hybridized carbons (Fsp3) is 0.188. The minimum absolute atomic E-state index is 0.00287. The van der Waals surface area contributed by atoms with Gasteiger partial charge >= 0.3 is 0 Å². The van der Waals surface area contributed by atoms with Crippen LogP contribution in [0.4, 0.5) is 5.69 Å². The number of amides is 1. The number of thioether (sulfide) groups is 1. The molecule has 1 amide bonds. The first-order valence-electron chi connectivity index (χ1n) is 6.30. The van der Waals surface area contributed by atoms with Gasteiger partial charge in [-0.1, -0.05) is 29.3 Å². The lowest BCUT2D eigenvalue weighted by Crippen LogP contribution is -2.14.